The molecule has 1 atom stereocenters. The molecule has 0 aliphatic rings. The van der Waals surface area contributed by atoms with E-state index in [0.29, 0.717) is 11.3 Å². The third-order valence-corrected chi connectivity index (χ3v) is 3.92. The summed E-state index contributed by atoms with van der Waals surface area (Å²) in [6, 6.07) is 12.9. The first-order chi connectivity index (χ1) is 11.9. The molecule has 2 aromatic carbocycles. The van der Waals surface area contributed by atoms with Crippen LogP contribution in [0.2, 0.25) is 0 Å². The minimum absolute atomic E-state index is 0.0829. The Bertz CT molecular complexity index is 745. The van der Waals surface area contributed by atoms with Gasteiger partial charge in [0.15, 0.2) is 0 Å². The van der Waals surface area contributed by atoms with Crippen molar-refractivity contribution in [2.24, 2.45) is 5.92 Å². The highest BCUT2D eigenvalue weighted by atomic mass is 19.1. The average molecular weight is 342 g/mol. The van der Waals surface area contributed by atoms with Crippen LogP contribution in [-0.4, -0.2) is 17.9 Å². The van der Waals surface area contributed by atoms with Crippen LogP contribution in [0.4, 0.5) is 10.1 Å². The van der Waals surface area contributed by atoms with Crippen molar-refractivity contribution in [2.45, 2.75) is 33.2 Å². The predicted molar refractivity (Wildman–Crippen MR) is 96.7 cm³/mol. The Balaban J connectivity index is 2.03. The van der Waals surface area contributed by atoms with Crippen molar-refractivity contribution in [3.63, 3.8) is 0 Å². The van der Waals surface area contributed by atoms with Crippen LogP contribution < -0.4 is 10.6 Å². The van der Waals surface area contributed by atoms with Crippen LogP contribution in [0, 0.1) is 18.7 Å². The van der Waals surface area contributed by atoms with E-state index in [1.54, 1.807) is 6.92 Å². The van der Waals surface area contributed by atoms with Crippen molar-refractivity contribution in [1.29, 1.82) is 0 Å². The van der Waals surface area contributed by atoms with Crippen molar-refractivity contribution in [3.8, 4) is 0 Å². The Morgan fingerprint density at radius 1 is 1.08 bits per heavy atom. The number of carbonyl (C=O) groups excluding carboxylic acids is 2. The van der Waals surface area contributed by atoms with Gasteiger partial charge in [0, 0.05) is 5.69 Å². The van der Waals surface area contributed by atoms with Crippen LogP contribution in [0.3, 0.4) is 0 Å². The van der Waals surface area contributed by atoms with Crippen LogP contribution in [0.5, 0.6) is 0 Å². The molecule has 0 radical (unpaired) electrons. The Morgan fingerprint density at radius 3 is 2.36 bits per heavy atom. The molecule has 2 aromatic rings. The number of rotatable bonds is 6. The molecule has 0 unspecified atom stereocenters. The van der Waals surface area contributed by atoms with Crippen molar-refractivity contribution in [1.82, 2.24) is 5.32 Å². The van der Waals surface area contributed by atoms with E-state index in [9.17, 15) is 14.0 Å². The largest absolute Gasteiger partial charge is 0.344 e. The standard InChI is InChI=1S/C20H23FN2O2/c1-13(2)19(23-18(24)12-15-7-5-4-6-8-15)20(25)22-17-10-9-16(21)11-14(17)3/h4-11,13,19H,12H2,1-3H3,(H,22,25)(H,23,24)/t19-/m0/s1. The molecule has 0 aliphatic heterocycles. The minimum atomic E-state index is -0.666. The SMILES string of the molecule is Cc1cc(F)ccc1NC(=O)[C@@H](NC(=O)Cc1ccccc1)C(C)C. The number of hydrogen-bond acceptors (Lipinski definition) is 2. The second-order valence-electron chi connectivity index (χ2n) is 6.40. The normalized spacial score (nSPS) is 11.9. The minimum Gasteiger partial charge on any atom is -0.344 e. The van der Waals surface area contributed by atoms with Crippen molar-refractivity contribution < 1.29 is 14.0 Å². The first-order valence-electron chi connectivity index (χ1n) is 8.27. The van der Waals surface area contributed by atoms with Gasteiger partial charge in [0.1, 0.15) is 11.9 Å². The Labute approximate surface area is 147 Å². The van der Waals surface area contributed by atoms with E-state index in [1.165, 1.54) is 18.2 Å². The summed E-state index contributed by atoms with van der Waals surface area (Å²) in [5.74, 6) is -0.963. The predicted octanol–water partition coefficient (Wildman–Crippen LogP) is 3.46. The number of hydrogen-bond donors (Lipinski definition) is 2. The average Bonchev–Trinajstić information content (AvgIpc) is 2.55. The molecule has 2 N–H and O–H groups in total. The van der Waals surface area contributed by atoms with Crippen molar-refractivity contribution in [3.05, 3.63) is 65.5 Å². The number of carbonyl (C=O) groups is 2. The third-order valence-electron chi connectivity index (χ3n) is 3.92. The van der Waals surface area contributed by atoms with Crippen LogP contribution in [-0.2, 0) is 16.0 Å². The summed E-state index contributed by atoms with van der Waals surface area (Å²) in [6.07, 6.45) is 0.215. The third kappa shape index (κ3) is 5.41. The van der Waals surface area contributed by atoms with Gasteiger partial charge < -0.3 is 10.6 Å². The van der Waals surface area contributed by atoms with Crippen LogP contribution in [0.1, 0.15) is 25.0 Å². The zero-order valence-corrected chi connectivity index (χ0v) is 14.7. The van der Waals surface area contributed by atoms with E-state index >= 15 is 0 Å². The molecule has 25 heavy (non-hydrogen) atoms. The monoisotopic (exact) mass is 342 g/mol. The smallest absolute Gasteiger partial charge is 0.247 e. The molecular weight excluding hydrogens is 319 g/mol. The highest BCUT2D eigenvalue weighted by Crippen LogP contribution is 2.17. The number of halogens is 1. The molecule has 132 valence electrons. The molecule has 0 aromatic heterocycles. The summed E-state index contributed by atoms with van der Waals surface area (Å²) >= 11 is 0. The fourth-order valence-corrected chi connectivity index (χ4v) is 2.52. The molecule has 0 fully saturated rings. The van der Waals surface area contributed by atoms with E-state index in [4.69, 9.17) is 0 Å². The first-order valence-corrected chi connectivity index (χ1v) is 8.27. The van der Waals surface area contributed by atoms with E-state index in [-0.39, 0.29) is 30.0 Å². The first kappa shape index (κ1) is 18.6. The summed E-state index contributed by atoms with van der Waals surface area (Å²) in [5, 5.41) is 5.56. The Hall–Kier alpha value is -2.69. The number of nitrogens with one attached hydrogen (secondary N) is 2. The van der Waals surface area contributed by atoms with Gasteiger partial charge in [-0.05, 0) is 42.2 Å². The molecule has 0 spiro atoms. The number of amides is 2. The lowest BCUT2D eigenvalue weighted by Gasteiger charge is -2.22. The van der Waals surface area contributed by atoms with Gasteiger partial charge in [0.25, 0.3) is 0 Å². The lowest BCUT2D eigenvalue weighted by molar-refractivity contribution is -0.127. The molecule has 0 aliphatic carbocycles. The maximum Gasteiger partial charge on any atom is 0.247 e. The molecule has 2 amide bonds. The topological polar surface area (TPSA) is 58.2 Å². The number of benzene rings is 2. The van der Waals surface area contributed by atoms with Gasteiger partial charge in [-0.25, -0.2) is 4.39 Å². The van der Waals surface area contributed by atoms with Crippen LogP contribution in [0.25, 0.3) is 0 Å². The zero-order chi connectivity index (χ0) is 18.4. The van der Waals surface area contributed by atoms with E-state index in [0.717, 1.165) is 5.56 Å². The summed E-state index contributed by atoms with van der Waals surface area (Å²) < 4.78 is 13.2. The summed E-state index contributed by atoms with van der Waals surface area (Å²) in [7, 11) is 0. The van der Waals surface area contributed by atoms with Gasteiger partial charge in [0.2, 0.25) is 11.8 Å². The molecule has 0 bridgehead atoms. The molecule has 2 rings (SSSR count). The molecule has 5 heteroatoms. The van der Waals surface area contributed by atoms with Gasteiger partial charge >= 0.3 is 0 Å². The molecular formula is C20H23FN2O2. The van der Waals surface area contributed by atoms with E-state index < -0.39 is 6.04 Å². The molecule has 0 heterocycles. The molecule has 0 saturated heterocycles. The van der Waals surface area contributed by atoms with Gasteiger partial charge in [-0.15, -0.1) is 0 Å². The van der Waals surface area contributed by atoms with Gasteiger partial charge in [0.05, 0.1) is 6.42 Å². The lowest BCUT2D eigenvalue weighted by atomic mass is 10.0. The quantitative estimate of drug-likeness (QED) is 0.845. The van der Waals surface area contributed by atoms with Crippen LogP contribution >= 0.6 is 0 Å². The summed E-state index contributed by atoms with van der Waals surface area (Å²) in [5.41, 5.74) is 2.05. The second kappa shape index (κ2) is 8.42. The summed E-state index contributed by atoms with van der Waals surface area (Å²) in [6.45, 7) is 5.45. The maximum absolute atomic E-state index is 13.2. The van der Waals surface area contributed by atoms with Crippen molar-refractivity contribution in [2.75, 3.05) is 5.32 Å². The van der Waals surface area contributed by atoms with E-state index in [2.05, 4.69) is 10.6 Å². The van der Waals surface area contributed by atoms with Crippen molar-refractivity contribution >= 4 is 17.5 Å². The number of aryl methyl sites for hydroxylation is 1. The van der Waals surface area contributed by atoms with E-state index in [1.807, 2.05) is 44.2 Å². The fourth-order valence-electron chi connectivity index (χ4n) is 2.52. The fraction of sp³-hybridized carbons (Fsp3) is 0.300. The molecule has 0 saturated carbocycles. The zero-order valence-electron chi connectivity index (χ0n) is 14.7. The van der Waals surface area contributed by atoms with Gasteiger partial charge in [-0.1, -0.05) is 44.2 Å². The Morgan fingerprint density at radius 2 is 1.76 bits per heavy atom. The second-order valence-corrected chi connectivity index (χ2v) is 6.40. The van der Waals surface area contributed by atoms with Gasteiger partial charge in [-0.3, -0.25) is 9.59 Å². The van der Waals surface area contributed by atoms with Crippen LogP contribution in [0.15, 0.2) is 48.5 Å². The number of anilines is 1. The Kier molecular flexibility index (Phi) is 6.28. The highest BCUT2D eigenvalue weighted by molar-refractivity contribution is 5.98. The van der Waals surface area contributed by atoms with Gasteiger partial charge in [-0.2, -0.15) is 0 Å². The maximum atomic E-state index is 13.2. The molecule has 4 nitrogen and oxygen atoms in total. The lowest BCUT2D eigenvalue weighted by Crippen LogP contribution is -2.47. The highest BCUT2D eigenvalue weighted by Gasteiger charge is 2.24. The summed E-state index contributed by atoms with van der Waals surface area (Å²) in [4.78, 5) is 24.8.